The summed E-state index contributed by atoms with van der Waals surface area (Å²) < 4.78 is 26.0. The summed E-state index contributed by atoms with van der Waals surface area (Å²) >= 11 is 0. The van der Waals surface area contributed by atoms with Crippen LogP contribution in [0.1, 0.15) is 23.2 Å². The Kier molecular flexibility index (Phi) is 5.47. The maximum Gasteiger partial charge on any atom is 0.262 e. The van der Waals surface area contributed by atoms with E-state index in [1.54, 1.807) is 19.9 Å². The summed E-state index contributed by atoms with van der Waals surface area (Å²) in [7, 11) is 0. The average Bonchev–Trinajstić information content (AvgIpc) is 2.68. The van der Waals surface area contributed by atoms with Crippen molar-refractivity contribution in [2.45, 2.75) is 38.8 Å². The van der Waals surface area contributed by atoms with E-state index in [4.69, 9.17) is 0 Å². The van der Waals surface area contributed by atoms with Crippen molar-refractivity contribution in [2.24, 2.45) is 0 Å². The quantitative estimate of drug-likeness (QED) is 0.778. The summed E-state index contributed by atoms with van der Waals surface area (Å²) in [5.41, 5.74) is 1.66. The molecule has 1 amide bonds. The van der Waals surface area contributed by atoms with Gasteiger partial charge in [-0.2, -0.15) is 0 Å². The van der Waals surface area contributed by atoms with Crippen molar-refractivity contribution in [2.75, 3.05) is 6.54 Å². The molecule has 1 aromatic rings. The van der Waals surface area contributed by atoms with E-state index in [1.807, 2.05) is 0 Å². The Labute approximate surface area is 126 Å². The van der Waals surface area contributed by atoms with E-state index < -0.39 is 30.8 Å². The summed E-state index contributed by atoms with van der Waals surface area (Å²) in [6.07, 6.45) is -0.512. The molecule has 1 saturated heterocycles. The van der Waals surface area contributed by atoms with Crippen LogP contribution in [0, 0.1) is 13.8 Å². The van der Waals surface area contributed by atoms with Gasteiger partial charge in [0.25, 0.3) is 11.5 Å². The molecule has 0 radical (unpaired) electrons. The number of carbonyl (C=O) groups excluding carboxylic acids is 1. The third kappa shape index (κ3) is 4.25. The van der Waals surface area contributed by atoms with Gasteiger partial charge in [0.05, 0.1) is 12.6 Å². The van der Waals surface area contributed by atoms with Crippen LogP contribution in [0.25, 0.3) is 0 Å². The molecule has 1 unspecified atom stereocenters. The van der Waals surface area contributed by atoms with E-state index in [-0.39, 0.29) is 24.5 Å². The SMILES string of the molecule is Cc1cc(C)c(CNC(=O)C2CC(F)(F)CN2)c(=O)[nH]1.Cl. The molecular formula is C13H18ClF2N3O2. The number of aromatic amines is 1. The molecule has 5 nitrogen and oxygen atoms in total. The van der Waals surface area contributed by atoms with Crippen molar-refractivity contribution in [3.05, 3.63) is 33.2 Å². The molecule has 0 aromatic carbocycles. The first kappa shape index (κ1) is 17.6. The second-order valence-electron chi connectivity index (χ2n) is 5.15. The zero-order chi connectivity index (χ0) is 14.9. The highest BCUT2D eigenvalue weighted by Gasteiger charge is 2.42. The van der Waals surface area contributed by atoms with E-state index in [0.29, 0.717) is 5.56 Å². The van der Waals surface area contributed by atoms with Gasteiger partial charge >= 0.3 is 0 Å². The van der Waals surface area contributed by atoms with Crippen molar-refractivity contribution >= 4 is 18.3 Å². The van der Waals surface area contributed by atoms with Crippen LogP contribution >= 0.6 is 12.4 Å². The Bertz CT molecular complexity index is 589. The summed E-state index contributed by atoms with van der Waals surface area (Å²) in [5, 5.41) is 5.00. The minimum absolute atomic E-state index is 0. The first-order valence-electron chi connectivity index (χ1n) is 6.37. The van der Waals surface area contributed by atoms with Crippen LogP contribution in [0.2, 0.25) is 0 Å². The third-order valence-corrected chi connectivity index (χ3v) is 3.36. The van der Waals surface area contributed by atoms with E-state index in [2.05, 4.69) is 15.6 Å². The number of pyridine rings is 1. The van der Waals surface area contributed by atoms with E-state index >= 15 is 0 Å². The Balaban J connectivity index is 0.00000220. The molecule has 0 aliphatic carbocycles. The molecule has 2 heterocycles. The van der Waals surface area contributed by atoms with Gasteiger partial charge in [-0.3, -0.25) is 14.9 Å². The number of hydrogen-bond acceptors (Lipinski definition) is 3. The topological polar surface area (TPSA) is 74.0 Å². The van der Waals surface area contributed by atoms with Crippen LogP contribution in [0.15, 0.2) is 10.9 Å². The van der Waals surface area contributed by atoms with Gasteiger partial charge in [0.1, 0.15) is 0 Å². The van der Waals surface area contributed by atoms with E-state index in [9.17, 15) is 18.4 Å². The summed E-state index contributed by atoms with van der Waals surface area (Å²) in [4.78, 5) is 26.2. The predicted molar refractivity (Wildman–Crippen MR) is 77.0 cm³/mol. The number of hydrogen-bond donors (Lipinski definition) is 3. The smallest absolute Gasteiger partial charge is 0.262 e. The molecule has 1 aliphatic rings. The lowest BCUT2D eigenvalue weighted by Gasteiger charge is -2.12. The molecule has 3 N–H and O–H groups in total. The Hall–Kier alpha value is -1.47. The molecule has 0 saturated carbocycles. The minimum Gasteiger partial charge on any atom is -0.350 e. The number of amides is 1. The van der Waals surface area contributed by atoms with Gasteiger partial charge in [0, 0.05) is 24.2 Å². The number of aryl methyl sites for hydroxylation is 2. The standard InChI is InChI=1S/C13H17F2N3O2.ClH/c1-7-3-8(2)18-11(19)9(7)5-16-12(20)10-4-13(14,15)6-17-10;/h3,10,17H,4-6H2,1-2H3,(H,16,20)(H,18,19);1H. The number of carbonyl (C=O) groups is 1. The van der Waals surface area contributed by atoms with Gasteiger partial charge < -0.3 is 10.3 Å². The molecule has 1 aromatic heterocycles. The van der Waals surface area contributed by atoms with Gasteiger partial charge in [-0.15, -0.1) is 12.4 Å². The highest BCUT2D eigenvalue weighted by Crippen LogP contribution is 2.25. The number of halogens is 3. The molecule has 2 rings (SSSR count). The molecule has 0 bridgehead atoms. The normalized spacial score (nSPS) is 19.9. The van der Waals surface area contributed by atoms with Gasteiger partial charge in [0.15, 0.2) is 0 Å². The minimum atomic E-state index is -2.85. The van der Waals surface area contributed by atoms with Crippen molar-refractivity contribution in [3.8, 4) is 0 Å². The lowest BCUT2D eigenvalue weighted by Crippen LogP contribution is -2.41. The largest absolute Gasteiger partial charge is 0.350 e. The van der Waals surface area contributed by atoms with Gasteiger partial charge in [-0.1, -0.05) is 0 Å². The van der Waals surface area contributed by atoms with Gasteiger partial charge in [0.2, 0.25) is 5.91 Å². The average molecular weight is 322 g/mol. The molecule has 1 fully saturated rings. The van der Waals surface area contributed by atoms with Crippen molar-refractivity contribution in [3.63, 3.8) is 0 Å². The predicted octanol–water partition coefficient (Wildman–Crippen LogP) is 1.03. The van der Waals surface area contributed by atoms with Crippen molar-refractivity contribution in [1.82, 2.24) is 15.6 Å². The molecule has 21 heavy (non-hydrogen) atoms. The Morgan fingerprint density at radius 1 is 1.48 bits per heavy atom. The first-order chi connectivity index (χ1) is 9.28. The fourth-order valence-electron chi connectivity index (χ4n) is 2.30. The zero-order valence-corrected chi connectivity index (χ0v) is 12.6. The van der Waals surface area contributed by atoms with E-state index in [1.165, 1.54) is 0 Å². The lowest BCUT2D eigenvalue weighted by molar-refractivity contribution is -0.123. The van der Waals surface area contributed by atoms with Crippen molar-refractivity contribution < 1.29 is 13.6 Å². The molecular weight excluding hydrogens is 304 g/mol. The highest BCUT2D eigenvalue weighted by atomic mass is 35.5. The molecule has 0 spiro atoms. The van der Waals surface area contributed by atoms with Crippen LogP contribution in [0.5, 0.6) is 0 Å². The summed E-state index contributed by atoms with van der Waals surface area (Å²) in [6, 6.07) is 0.889. The summed E-state index contributed by atoms with van der Waals surface area (Å²) in [6.45, 7) is 3.08. The zero-order valence-electron chi connectivity index (χ0n) is 11.8. The number of aromatic nitrogens is 1. The molecule has 1 atom stereocenters. The van der Waals surface area contributed by atoms with Crippen LogP contribution < -0.4 is 16.2 Å². The van der Waals surface area contributed by atoms with Crippen LogP contribution in [-0.2, 0) is 11.3 Å². The molecule has 8 heteroatoms. The van der Waals surface area contributed by atoms with Crippen molar-refractivity contribution in [1.29, 1.82) is 0 Å². The van der Waals surface area contributed by atoms with Gasteiger partial charge in [-0.25, -0.2) is 8.78 Å². The monoisotopic (exact) mass is 321 g/mol. The maximum atomic E-state index is 13.0. The second-order valence-corrected chi connectivity index (χ2v) is 5.15. The number of H-pyrrole nitrogens is 1. The molecule has 118 valence electrons. The first-order valence-corrected chi connectivity index (χ1v) is 6.37. The van der Waals surface area contributed by atoms with Gasteiger partial charge in [-0.05, 0) is 25.5 Å². The second kappa shape index (κ2) is 6.53. The highest BCUT2D eigenvalue weighted by molar-refractivity contribution is 5.85. The third-order valence-electron chi connectivity index (χ3n) is 3.36. The number of alkyl halides is 2. The summed E-state index contributed by atoms with van der Waals surface area (Å²) in [5.74, 6) is -3.36. The fraction of sp³-hybridized carbons (Fsp3) is 0.538. The van der Waals surface area contributed by atoms with Crippen LogP contribution in [0.3, 0.4) is 0 Å². The maximum absolute atomic E-state index is 13.0. The fourth-order valence-corrected chi connectivity index (χ4v) is 2.30. The Morgan fingerprint density at radius 2 is 2.14 bits per heavy atom. The number of nitrogens with one attached hydrogen (secondary N) is 3. The number of rotatable bonds is 3. The molecule has 1 aliphatic heterocycles. The van der Waals surface area contributed by atoms with Crippen LogP contribution in [-0.4, -0.2) is 29.4 Å². The lowest BCUT2D eigenvalue weighted by atomic mass is 10.1. The Morgan fingerprint density at radius 3 is 2.67 bits per heavy atom. The van der Waals surface area contributed by atoms with E-state index in [0.717, 1.165) is 11.3 Å². The van der Waals surface area contributed by atoms with Crippen LogP contribution in [0.4, 0.5) is 8.78 Å².